The Balaban J connectivity index is 1.54. The average Bonchev–Trinajstić information content (AvgIpc) is 2.57. The van der Waals surface area contributed by atoms with E-state index in [2.05, 4.69) is 40.8 Å². The minimum absolute atomic E-state index is 0.0176. The third-order valence-corrected chi connectivity index (χ3v) is 5.99. The Bertz CT molecular complexity index is 767. The van der Waals surface area contributed by atoms with Crippen molar-refractivity contribution in [1.29, 1.82) is 0 Å². The van der Waals surface area contributed by atoms with E-state index < -0.39 is 10.0 Å². The number of sulfonamides is 1. The number of piperidine rings is 1. The van der Waals surface area contributed by atoms with Crippen molar-refractivity contribution in [2.24, 2.45) is 0 Å². The summed E-state index contributed by atoms with van der Waals surface area (Å²) in [7, 11) is -3.41. The quantitative estimate of drug-likeness (QED) is 0.907. The SMILES string of the molecule is Cc1cccc(CN2CCC(NS(=O)(=O)c3ccccc3)CC2)c1. The molecule has 0 spiro atoms. The molecule has 0 aliphatic carbocycles. The summed E-state index contributed by atoms with van der Waals surface area (Å²) < 4.78 is 27.6. The van der Waals surface area contributed by atoms with Crippen LogP contribution in [0.3, 0.4) is 0 Å². The first-order chi connectivity index (χ1) is 11.5. The molecule has 1 heterocycles. The minimum Gasteiger partial charge on any atom is -0.299 e. The van der Waals surface area contributed by atoms with Gasteiger partial charge in [0, 0.05) is 25.7 Å². The second kappa shape index (κ2) is 7.47. The average molecular weight is 344 g/mol. The Morgan fingerprint density at radius 3 is 2.42 bits per heavy atom. The minimum atomic E-state index is -3.41. The predicted molar refractivity (Wildman–Crippen MR) is 96.2 cm³/mol. The smallest absolute Gasteiger partial charge is 0.240 e. The maximum Gasteiger partial charge on any atom is 0.240 e. The van der Waals surface area contributed by atoms with E-state index in [4.69, 9.17) is 0 Å². The molecule has 5 heteroatoms. The molecule has 2 aromatic rings. The standard InChI is InChI=1S/C19H24N2O2S/c1-16-6-5-7-17(14-16)15-21-12-10-18(11-13-21)20-24(22,23)19-8-3-2-4-9-19/h2-9,14,18,20H,10-13,15H2,1H3. The molecule has 0 aromatic heterocycles. The fraction of sp³-hybridized carbons (Fsp3) is 0.368. The first-order valence-electron chi connectivity index (χ1n) is 8.38. The highest BCUT2D eigenvalue weighted by Crippen LogP contribution is 2.17. The van der Waals surface area contributed by atoms with Crippen LogP contribution in [0.15, 0.2) is 59.5 Å². The van der Waals surface area contributed by atoms with Gasteiger partial charge in [0.2, 0.25) is 10.0 Å². The van der Waals surface area contributed by atoms with E-state index in [1.165, 1.54) is 11.1 Å². The topological polar surface area (TPSA) is 49.4 Å². The van der Waals surface area contributed by atoms with Gasteiger partial charge in [-0.05, 0) is 37.5 Å². The number of benzene rings is 2. The second-order valence-corrected chi connectivity index (χ2v) is 8.19. The summed E-state index contributed by atoms with van der Waals surface area (Å²) in [5.74, 6) is 0. The Labute approximate surface area is 144 Å². The molecule has 128 valence electrons. The summed E-state index contributed by atoms with van der Waals surface area (Å²) in [5.41, 5.74) is 2.59. The van der Waals surface area contributed by atoms with E-state index in [1.807, 2.05) is 6.07 Å². The lowest BCUT2D eigenvalue weighted by Crippen LogP contribution is -2.44. The maximum absolute atomic E-state index is 12.4. The largest absolute Gasteiger partial charge is 0.299 e. The molecule has 3 rings (SSSR count). The molecule has 0 amide bonds. The zero-order valence-corrected chi connectivity index (χ0v) is 14.8. The lowest BCUT2D eigenvalue weighted by atomic mass is 10.0. The number of hydrogen-bond donors (Lipinski definition) is 1. The van der Waals surface area contributed by atoms with E-state index in [-0.39, 0.29) is 6.04 Å². The van der Waals surface area contributed by atoms with E-state index >= 15 is 0 Å². The number of aryl methyl sites for hydroxylation is 1. The van der Waals surface area contributed by atoms with Crippen molar-refractivity contribution in [2.45, 2.75) is 37.2 Å². The molecule has 2 aromatic carbocycles. The van der Waals surface area contributed by atoms with Crippen LogP contribution in [0.1, 0.15) is 24.0 Å². The molecular weight excluding hydrogens is 320 g/mol. The Morgan fingerprint density at radius 2 is 1.75 bits per heavy atom. The van der Waals surface area contributed by atoms with Gasteiger partial charge in [-0.1, -0.05) is 48.0 Å². The summed E-state index contributed by atoms with van der Waals surface area (Å²) in [6, 6.07) is 17.2. The number of likely N-dealkylation sites (tertiary alicyclic amines) is 1. The fourth-order valence-electron chi connectivity index (χ4n) is 3.16. The predicted octanol–water partition coefficient (Wildman–Crippen LogP) is 2.94. The normalized spacial score (nSPS) is 17.0. The summed E-state index contributed by atoms with van der Waals surface area (Å²) in [4.78, 5) is 2.73. The molecule has 0 atom stereocenters. The molecule has 0 unspecified atom stereocenters. The molecule has 1 fully saturated rings. The first-order valence-corrected chi connectivity index (χ1v) is 9.86. The Morgan fingerprint density at radius 1 is 1.04 bits per heavy atom. The van der Waals surface area contributed by atoms with Crippen molar-refractivity contribution in [3.63, 3.8) is 0 Å². The van der Waals surface area contributed by atoms with Gasteiger partial charge in [-0.3, -0.25) is 4.90 Å². The lowest BCUT2D eigenvalue weighted by molar-refractivity contribution is 0.200. The van der Waals surface area contributed by atoms with Gasteiger partial charge in [0.05, 0.1) is 4.90 Å². The number of nitrogens with zero attached hydrogens (tertiary/aromatic N) is 1. The molecule has 1 aliphatic rings. The van der Waals surface area contributed by atoms with Crippen LogP contribution in [0.5, 0.6) is 0 Å². The number of hydrogen-bond acceptors (Lipinski definition) is 3. The maximum atomic E-state index is 12.4. The van der Waals surface area contributed by atoms with Gasteiger partial charge in [-0.25, -0.2) is 13.1 Å². The van der Waals surface area contributed by atoms with Crippen LogP contribution in [0, 0.1) is 6.92 Å². The molecule has 0 radical (unpaired) electrons. The lowest BCUT2D eigenvalue weighted by Gasteiger charge is -2.32. The van der Waals surface area contributed by atoms with Gasteiger partial charge < -0.3 is 0 Å². The molecule has 1 aliphatic heterocycles. The highest BCUT2D eigenvalue weighted by molar-refractivity contribution is 7.89. The molecule has 4 nitrogen and oxygen atoms in total. The van der Waals surface area contributed by atoms with Crippen molar-refractivity contribution in [1.82, 2.24) is 9.62 Å². The van der Waals surface area contributed by atoms with Gasteiger partial charge in [0.25, 0.3) is 0 Å². The third-order valence-electron chi connectivity index (χ3n) is 4.45. The summed E-state index contributed by atoms with van der Waals surface area (Å²) in [6.07, 6.45) is 1.69. The summed E-state index contributed by atoms with van der Waals surface area (Å²) in [6.45, 7) is 4.86. The van der Waals surface area contributed by atoms with Crippen LogP contribution in [0.2, 0.25) is 0 Å². The fourth-order valence-corrected chi connectivity index (χ4v) is 4.49. The van der Waals surface area contributed by atoms with Crippen molar-refractivity contribution < 1.29 is 8.42 Å². The van der Waals surface area contributed by atoms with Crippen LogP contribution in [-0.4, -0.2) is 32.4 Å². The van der Waals surface area contributed by atoms with Crippen molar-refractivity contribution in [2.75, 3.05) is 13.1 Å². The van der Waals surface area contributed by atoms with Gasteiger partial charge >= 0.3 is 0 Å². The highest BCUT2D eigenvalue weighted by Gasteiger charge is 2.24. The van der Waals surface area contributed by atoms with E-state index in [0.29, 0.717) is 4.90 Å². The van der Waals surface area contributed by atoms with Crippen molar-refractivity contribution in [3.05, 3.63) is 65.7 Å². The van der Waals surface area contributed by atoms with Gasteiger partial charge in [-0.15, -0.1) is 0 Å². The van der Waals surface area contributed by atoms with E-state index in [1.54, 1.807) is 24.3 Å². The highest BCUT2D eigenvalue weighted by atomic mass is 32.2. The van der Waals surface area contributed by atoms with Crippen LogP contribution in [0.4, 0.5) is 0 Å². The summed E-state index contributed by atoms with van der Waals surface area (Å²) >= 11 is 0. The number of rotatable bonds is 5. The number of nitrogens with one attached hydrogen (secondary N) is 1. The van der Waals surface area contributed by atoms with Gasteiger partial charge in [-0.2, -0.15) is 0 Å². The van der Waals surface area contributed by atoms with Crippen LogP contribution in [0.25, 0.3) is 0 Å². The first kappa shape index (κ1) is 17.1. The van der Waals surface area contributed by atoms with Crippen LogP contribution < -0.4 is 4.72 Å². The van der Waals surface area contributed by atoms with Crippen LogP contribution in [-0.2, 0) is 16.6 Å². The Kier molecular flexibility index (Phi) is 5.33. The van der Waals surface area contributed by atoms with Crippen LogP contribution >= 0.6 is 0 Å². The molecular formula is C19H24N2O2S. The van der Waals surface area contributed by atoms with E-state index in [0.717, 1.165) is 32.5 Å². The molecule has 24 heavy (non-hydrogen) atoms. The zero-order valence-electron chi connectivity index (χ0n) is 14.0. The molecule has 1 saturated heterocycles. The molecule has 1 N–H and O–H groups in total. The monoisotopic (exact) mass is 344 g/mol. The summed E-state index contributed by atoms with van der Waals surface area (Å²) in [5, 5.41) is 0. The zero-order chi connectivity index (χ0) is 17.0. The molecule has 0 bridgehead atoms. The van der Waals surface area contributed by atoms with E-state index in [9.17, 15) is 8.42 Å². The second-order valence-electron chi connectivity index (χ2n) is 6.47. The Hall–Kier alpha value is -1.69. The van der Waals surface area contributed by atoms with Crippen molar-refractivity contribution >= 4 is 10.0 Å². The van der Waals surface area contributed by atoms with Gasteiger partial charge in [0.1, 0.15) is 0 Å². The molecule has 0 saturated carbocycles. The van der Waals surface area contributed by atoms with Crippen molar-refractivity contribution in [3.8, 4) is 0 Å². The van der Waals surface area contributed by atoms with Gasteiger partial charge in [0.15, 0.2) is 0 Å². The third kappa shape index (κ3) is 4.44.